The van der Waals surface area contributed by atoms with E-state index in [1.165, 1.54) is 12.7 Å². The first-order chi connectivity index (χ1) is 13.3. The lowest BCUT2D eigenvalue weighted by Crippen LogP contribution is -2.10. The Morgan fingerprint density at radius 2 is 1.93 bits per heavy atom. The molecule has 0 aliphatic heterocycles. The minimum atomic E-state index is -0.578. The second-order valence-electron chi connectivity index (χ2n) is 7.38. The number of hydrogen-bond acceptors (Lipinski definition) is 5. The number of nitrogens with one attached hydrogen (secondary N) is 1. The van der Waals surface area contributed by atoms with Crippen LogP contribution in [0.25, 0.3) is 5.57 Å². The van der Waals surface area contributed by atoms with Gasteiger partial charge in [-0.15, -0.1) is 0 Å². The maximum Gasteiger partial charge on any atom is 0.438 e. The van der Waals surface area contributed by atoms with Crippen molar-refractivity contribution >= 4 is 17.2 Å². The summed E-state index contributed by atoms with van der Waals surface area (Å²) in [7, 11) is 1.53. The van der Waals surface area contributed by atoms with Gasteiger partial charge in [0, 0.05) is 12.0 Å². The molecule has 2 heterocycles. The molecule has 2 aromatic heterocycles. The van der Waals surface area contributed by atoms with Gasteiger partial charge < -0.3 is 4.74 Å². The van der Waals surface area contributed by atoms with Crippen molar-refractivity contribution in [2.24, 2.45) is 0 Å². The van der Waals surface area contributed by atoms with Gasteiger partial charge in [-0.05, 0) is 28.7 Å². The fourth-order valence-electron chi connectivity index (χ4n) is 2.78. The molecule has 0 radical (unpaired) electrons. The summed E-state index contributed by atoms with van der Waals surface area (Å²) in [5.74, 6) is 0.215. The van der Waals surface area contributed by atoms with Crippen LogP contribution < -0.4 is 10.5 Å². The molecule has 0 aliphatic carbocycles. The number of H-pyrrole nitrogens is 1. The zero-order valence-electron chi connectivity index (χ0n) is 16.2. The number of pyridine rings is 1. The number of allylic oxidation sites excluding steroid dienone is 1. The van der Waals surface area contributed by atoms with Crippen LogP contribution in [0.15, 0.2) is 51.8 Å². The van der Waals surface area contributed by atoms with Crippen molar-refractivity contribution in [1.29, 1.82) is 0 Å². The third-order valence-electron chi connectivity index (χ3n) is 4.33. The summed E-state index contributed by atoms with van der Waals surface area (Å²) in [6.45, 7) is 6.52. The molecule has 0 spiro atoms. The highest BCUT2D eigenvalue weighted by Crippen LogP contribution is 2.30. The SMILES string of the molecule is COc1nc(C(=CCc2noc(=O)[nH]2)c2ccc(C(C)(C)C)cc2)ccc1Cl. The quantitative estimate of drug-likeness (QED) is 0.688. The second kappa shape index (κ2) is 8.02. The van der Waals surface area contributed by atoms with Crippen molar-refractivity contribution in [2.75, 3.05) is 7.11 Å². The number of aromatic amines is 1. The van der Waals surface area contributed by atoms with Crippen LogP contribution in [0.2, 0.25) is 5.02 Å². The summed E-state index contributed by atoms with van der Waals surface area (Å²) in [6, 6.07) is 11.9. The van der Waals surface area contributed by atoms with Gasteiger partial charge in [0.05, 0.1) is 12.8 Å². The first kappa shape index (κ1) is 19.9. The van der Waals surface area contributed by atoms with E-state index < -0.39 is 5.76 Å². The highest BCUT2D eigenvalue weighted by molar-refractivity contribution is 6.31. The molecule has 1 N–H and O–H groups in total. The average molecular weight is 400 g/mol. The highest BCUT2D eigenvalue weighted by Gasteiger charge is 2.15. The third-order valence-corrected chi connectivity index (χ3v) is 4.62. The minimum Gasteiger partial charge on any atom is -0.480 e. The van der Waals surface area contributed by atoms with Gasteiger partial charge in [0.2, 0.25) is 5.88 Å². The Bertz CT molecular complexity index is 1040. The molecule has 6 nitrogen and oxygen atoms in total. The topological polar surface area (TPSA) is 81.0 Å². The van der Waals surface area contributed by atoms with Crippen molar-refractivity contribution in [3.05, 3.63) is 80.7 Å². The Hall–Kier alpha value is -2.86. The number of aromatic nitrogens is 3. The molecule has 0 amide bonds. The summed E-state index contributed by atoms with van der Waals surface area (Å²) in [6.07, 6.45) is 2.32. The summed E-state index contributed by atoms with van der Waals surface area (Å²) < 4.78 is 9.83. The third kappa shape index (κ3) is 4.51. The van der Waals surface area contributed by atoms with Crippen LogP contribution >= 0.6 is 11.6 Å². The molecule has 0 fully saturated rings. The molecule has 0 saturated heterocycles. The van der Waals surface area contributed by atoms with Gasteiger partial charge in [0.1, 0.15) is 5.02 Å². The molecule has 28 heavy (non-hydrogen) atoms. The van der Waals surface area contributed by atoms with E-state index in [0.29, 0.717) is 28.8 Å². The molecule has 146 valence electrons. The second-order valence-corrected chi connectivity index (χ2v) is 7.79. The molecule has 0 unspecified atom stereocenters. The highest BCUT2D eigenvalue weighted by atomic mass is 35.5. The lowest BCUT2D eigenvalue weighted by atomic mass is 9.86. The first-order valence-corrected chi connectivity index (χ1v) is 9.22. The largest absolute Gasteiger partial charge is 0.480 e. The fourth-order valence-corrected chi connectivity index (χ4v) is 2.97. The van der Waals surface area contributed by atoms with Crippen molar-refractivity contribution in [3.8, 4) is 5.88 Å². The van der Waals surface area contributed by atoms with E-state index in [1.807, 2.05) is 12.1 Å². The van der Waals surface area contributed by atoms with E-state index in [1.54, 1.807) is 6.07 Å². The lowest BCUT2D eigenvalue weighted by molar-refractivity contribution is 0.382. The van der Waals surface area contributed by atoms with Crippen LogP contribution in [0.5, 0.6) is 5.88 Å². The molecular weight excluding hydrogens is 378 g/mol. The fraction of sp³-hybridized carbons (Fsp3) is 0.286. The Labute approximate surface area is 168 Å². The van der Waals surface area contributed by atoms with E-state index in [-0.39, 0.29) is 5.41 Å². The van der Waals surface area contributed by atoms with E-state index >= 15 is 0 Å². The summed E-state index contributed by atoms with van der Waals surface area (Å²) in [5.41, 5.74) is 3.85. The molecule has 7 heteroatoms. The van der Waals surface area contributed by atoms with E-state index in [9.17, 15) is 4.79 Å². The Balaban J connectivity index is 2.04. The van der Waals surface area contributed by atoms with E-state index in [0.717, 1.165) is 11.1 Å². The van der Waals surface area contributed by atoms with Crippen molar-refractivity contribution in [2.45, 2.75) is 32.6 Å². The van der Waals surface area contributed by atoms with Gasteiger partial charge in [-0.25, -0.2) is 9.78 Å². The Kier molecular flexibility index (Phi) is 5.70. The monoisotopic (exact) mass is 399 g/mol. The summed E-state index contributed by atoms with van der Waals surface area (Å²) >= 11 is 6.12. The number of methoxy groups -OCH3 is 1. The molecule has 3 aromatic rings. The van der Waals surface area contributed by atoms with Gasteiger partial charge in [-0.3, -0.25) is 9.51 Å². The molecule has 0 saturated carbocycles. The van der Waals surface area contributed by atoms with Crippen molar-refractivity contribution < 1.29 is 9.26 Å². The number of ether oxygens (including phenoxy) is 1. The van der Waals surface area contributed by atoms with Gasteiger partial charge >= 0.3 is 5.76 Å². The van der Waals surface area contributed by atoms with Crippen LogP contribution in [0.1, 0.15) is 43.4 Å². The van der Waals surface area contributed by atoms with Crippen molar-refractivity contribution in [3.63, 3.8) is 0 Å². The normalized spacial score (nSPS) is 12.2. The zero-order valence-corrected chi connectivity index (χ0v) is 17.0. The van der Waals surface area contributed by atoms with Gasteiger partial charge in [-0.1, -0.05) is 67.9 Å². The lowest BCUT2D eigenvalue weighted by Gasteiger charge is -2.19. The maximum absolute atomic E-state index is 11.2. The number of benzene rings is 1. The zero-order chi connectivity index (χ0) is 20.3. The van der Waals surface area contributed by atoms with Gasteiger partial charge in [-0.2, -0.15) is 0 Å². The van der Waals surface area contributed by atoms with Gasteiger partial charge in [0.25, 0.3) is 0 Å². The Morgan fingerprint density at radius 1 is 1.21 bits per heavy atom. The standard InChI is InChI=1S/C21H22ClN3O3/c1-21(2,3)14-7-5-13(6-8-14)15(9-12-18-24-20(26)28-25-18)17-11-10-16(22)19(23-17)27-4/h5-11H,12H2,1-4H3,(H,24,25,26). The smallest absolute Gasteiger partial charge is 0.438 e. The predicted molar refractivity (Wildman–Crippen MR) is 109 cm³/mol. The molecule has 0 atom stereocenters. The minimum absolute atomic E-state index is 0.0599. The van der Waals surface area contributed by atoms with Crippen molar-refractivity contribution in [1.82, 2.24) is 15.1 Å². The maximum atomic E-state index is 11.2. The molecule has 0 aliphatic rings. The summed E-state index contributed by atoms with van der Waals surface area (Å²) in [4.78, 5) is 18.2. The summed E-state index contributed by atoms with van der Waals surface area (Å²) in [5, 5.41) is 4.15. The molecule has 3 rings (SSSR count). The number of hydrogen-bond donors (Lipinski definition) is 1. The van der Waals surface area contributed by atoms with Crippen LogP contribution in [-0.4, -0.2) is 22.2 Å². The number of halogens is 1. The van der Waals surface area contributed by atoms with Crippen LogP contribution in [0.4, 0.5) is 0 Å². The Morgan fingerprint density at radius 3 is 2.50 bits per heavy atom. The predicted octanol–water partition coefficient (Wildman–Crippen LogP) is 4.39. The van der Waals surface area contributed by atoms with Crippen LogP contribution in [-0.2, 0) is 11.8 Å². The van der Waals surface area contributed by atoms with Crippen LogP contribution in [0.3, 0.4) is 0 Å². The number of nitrogens with zero attached hydrogens (tertiary/aromatic N) is 2. The molecular formula is C21H22ClN3O3. The molecule has 1 aromatic carbocycles. The number of rotatable bonds is 5. The van der Waals surface area contributed by atoms with E-state index in [4.69, 9.17) is 16.3 Å². The van der Waals surface area contributed by atoms with Gasteiger partial charge in [0.15, 0.2) is 5.82 Å². The van der Waals surface area contributed by atoms with E-state index in [2.05, 4.69) is 64.7 Å². The first-order valence-electron chi connectivity index (χ1n) is 8.85. The average Bonchev–Trinajstić information content (AvgIpc) is 3.08. The molecule has 0 bridgehead atoms. The van der Waals surface area contributed by atoms with Crippen LogP contribution in [0, 0.1) is 0 Å².